The molecule has 32 heavy (non-hydrogen) atoms. The highest BCUT2D eigenvalue weighted by atomic mass is 32.2. The van der Waals surface area contributed by atoms with Gasteiger partial charge in [0.15, 0.2) is 0 Å². The molecular weight excluding hydrogens is 448 g/mol. The van der Waals surface area contributed by atoms with E-state index in [1.54, 1.807) is 23.7 Å². The molecule has 4 heterocycles. The summed E-state index contributed by atoms with van der Waals surface area (Å²) in [6.45, 7) is 2.75. The fourth-order valence-electron chi connectivity index (χ4n) is 3.91. The predicted octanol–water partition coefficient (Wildman–Crippen LogP) is 3.95. The Bertz CT molecular complexity index is 1040. The molecule has 2 aromatic heterocycles. The van der Waals surface area contributed by atoms with Crippen LogP contribution in [0, 0.1) is 0 Å². The molecule has 3 aromatic rings. The lowest BCUT2D eigenvalue weighted by molar-refractivity contribution is 0.113. The molecule has 0 bridgehead atoms. The molecule has 0 N–H and O–H groups in total. The molecule has 168 valence electrons. The van der Waals surface area contributed by atoms with E-state index in [0.717, 1.165) is 48.9 Å². The van der Waals surface area contributed by atoms with Crippen LogP contribution >= 0.6 is 11.3 Å². The first-order chi connectivity index (χ1) is 15.7. The van der Waals surface area contributed by atoms with Crippen LogP contribution in [0.15, 0.2) is 48.1 Å². The Morgan fingerprint density at radius 2 is 1.91 bits per heavy atom. The topological polar surface area (TPSA) is 86.7 Å². The highest BCUT2D eigenvalue weighted by Gasteiger charge is 2.24. The number of hydrogen-bond acceptors (Lipinski definition) is 9. The van der Waals surface area contributed by atoms with Gasteiger partial charge in [-0.3, -0.25) is 8.37 Å². The second-order valence-electron chi connectivity index (χ2n) is 7.74. The second kappa shape index (κ2) is 10.0. The third-order valence-electron chi connectivity index (χ3n) is 5.64. The number of ether oxygens (including phenoxy) is 1. The average Bonchev–Trinajstić information content (AvgIpc) is 3.33. The summed E-state index contributed by atoms with van der Waals surface area (Å²) in [5, 5.41) is 3.26. The molecule has 2 saturated heterocycles. The number of benzene rings is 1. The van der Waals surface area contributed by atoms with Gasteiger partial charge in [-0.25, -0.2) is 15.0 Å². The molecule has 0 amide bonds. The molecule has 0 radical (unpaired) electrons. The number of aromatic nitrogens is 3. The maximum atomic E-state index is 11.4. The average molecular weight is 473 g/mol. The monoisotopic (exact) mass is 472 g/mol. The van der Waals surface area contributed by atoms with E-state index >= 15 is 0 Å². The van der Waals surface area contributed by atoms with Crippen LogP contribution in [0.25, 0.3) is 0 Å². The second-order valence-corrected chi connectivity index (χ2v) is 9.47. The predicted molar refractivity (Wildman–Crippen MR) is 122 cm³/mol. The molecule has 2 unspecified atom stereocenters. The van der Waals surface area contributed by atoms with E-state index < -0.39 is 11.4 Å². The van der Waals surface area contributed by atoms with Crippen LogP contribution in [-0.4, -0.2) is 38.9 Å². The lowest BCUT2D eigenvalue weighted by atomic mass is 9.98. The number of hydrogen-bond donors (Lipinski definition) is 0. The Kier molecular flexibility index (Phi) is 6.72. The molecule has 2 aliphatic heterocycles. The molecule has 10 heteroatoms. The van der Waals surface area contributed by atoms with Gasteiger partial charge in [-0.2, -0.15) is 4.21 Å². The molecule has 5 rings (SSSR count). The molecule has 0 spiro atoms. The summed E-state index contributed by atoms with van der Waals surface area (Å²) < 4.78 is 27.6. The van der Waals surface area contributed by atoms with Crippen LogP contribution in [0.5, 0.6) is 5.75 Å². The zero-order valence-electron chi connectivity index (χ0n) is 17.5. The minimum absolute atomic E-state index is 0.209. The molecule has 0 aliphatic carbocycles. The van der Waals surface area contributed by atoms with Gasteiger partial charge in [-0.05, 0) is 36.6 Å². The summed E-state index contributed by atoms with van der Waals surface area (Å²) in [5.74, 6) is 2.05. The summed E-state index contributed by atoms with van der Waals surface area (Å²) in [4.78, 5) is 15.8. The van der Waals surface area contributed by atoms with Gasteiger partial charge in [0, 0.05) is 43.2 Å². The van der Waals surface area contributed by atoms with E-state index in [0.29, 0.717) is 25.6 Å². The fourth-order valence-corrected chi connectivity index (χ4v) is 5.57. The zero-order chi connectivity index (χ0) is 21.8. The van der Waals surface area contributed by atoms with E-state index in [9.17, 15) is 4.21 Å². The maximum Gasteiger partial charge on any atom is 0.305 e. The molecule has 1 aromatic carbocycles. The third-order valence-corrected chi connectivity index (χ3v) is 7.45. The Morgan fingerprint density at radius 3 is 2.66 bits per heavy atom. The first-order valence-electron chi connectivity index (χ1n) is 10.7. The third kappa shape index (κ3) is 5.15. The van der Waals surface area contributed by atoms with Crippen molar-refractivity contribution in [1.82, 2.24) is 15.0 Å². The first kappa shape index (κ1) is 21.4. The van der Waals surface area contributed by atoms with E-state index in [4.69, 9.17) is 18.1 Å². The van der Waals surface area contributed by atoms with Crippen LogP contribution in [0.3, 0.4) is 0 Å². The van der Waals surface area contributed by atoms with Crippen molar-refractivity contribution in [3.05, 3.63) is 64.4 Å². The number of rotatable bonds is 6. The number of piperidine rings is 1. The first-order valence-corrected chi connectivity index (χ1v) is 12.5. The summed E-state index contributed by atoms with van der Waals surface area (Å²) in [6, 6.07) is 9.55. The van der Waals surface area contributed by atoms with Crippen molar-refractivity contribution in [3.8, 4) is 5.75 Å². The van der Waals surface area contributed by atoms with Gasteiger partial charge in [0.05, 0.1) is 17.3 Å². The number of anilines is 1. The standard InChI is InChI=1S/C22H24N4O4S2/c27-32-29-13-8-20(30-32)16-2-4-19(5-3-16)28-14-18-15-31-21(25-18)17-6-11-26(12-7-17)22-23-9-1-10-24-22/h1-5,9-10,15,17,20H,6-8,11-14H2. The van der Waals surface area contributed by atoms with Crippen LogP contribution in [-0.2, 0) is 26.3 Å². The van der Waals surface area contributed by atoms with E-state index in [2.05, 4.69) is 20.2 Å². The van der Waals surface area contributed by atoms with Crippen molar-refractivity contribution in [2.45, 2.75) is 37.9 Å². The smallest absolute Gasteiger partial charge is 0.305 e. The zero-order valence-corrected chi connectivity index (χ0v) is 19.1. The SMILES string of the molecule is O=S1OCCC(c2ccc(OCc3csc(C4CCN(c5ncccn5)CC4)n3)cc2)O1. The summed E-state index contributed by atoms with van der Waals surface area (Å²) >= 11 is 0.0479. The molecule has 2 fully saturated rings. The van der Waals surface area contributed by atoms with Gasteiger partial charge in [0.25, 0.3) is 0 Å². The van der Waals surface area contributed by atoms with Gasteiger partial charge >= 0.3 is 11.4 Å². The Balaban J connectivity index is 1.12. The van der Waals surface area contributed by atoms with Crippen molar-refractivity contribution in [3.63, 3.8) is 0 Å². The fraction of sp³-hybridized carbons (Fsp3) is 0.409. The highest BCUT2D eigenvalue weighted by Crippen LogP contribution is 2.32. The van der Waals surface area contributed by atoms with Crippen molar-refractivity contribution in [2.24, 2.45) is 0 Å². The van der Waals surface area contributed by atoms with E-state index in [1.807, 2.05) is 30.3 Å². The van der Waals surface area contributed by atoms with Crippen molar-refractivity contribution >= 4 is 28.6 Å². The van der Waals surface area contributed by atoms with Crippen molar-refractivity contribution in [1.29, 1.82) is 0 Å². The van der Waals surface area contributed by atoms with Gasteiger partial charge in [0.2, 0.25) is 5.95 Å². The van der Waals surface area contributed by atoms with Crippen molar-refractivity contribution in [2.75, 3.05) is 24.6 Å². The quantitative estimate of drug-likeness (QED) is 0.533. The summed E-state index contributed by atoms with van der Waals surface area (Å²) in [5.41, 5.74) is 1.92. The number of thiazole rings is 1. The van der Waals surface area contributed by atoms with E-state index in [-0.39, 0.29) is 6.10 Å². The normalized spacial score (nSPS) is 22.1. The lowest BCUT2D eigenvalue weighted by Gasteiger charge is -2.30. The van der Waals surface area contributed by atoms with Crippen LogP contribution < -0.4 is 9.64 Å². The molecular formula is C22H24N4O4S2. The van der Waals surface area contributed by atoms with Gasteiger partial charge in [0.1, 0.15) is 18.5 Å². The Hall–Kier alpha value is -2.40. The van der Waals surface area contributed by atoms with Gasteiger partial charge in [-0.15, -0.1) is 11.3 Å². The largest absolute Gasteiger partial charge is 0.487 e. The van der Waals surface area contributed by atoms with Crippen molar-refractivity contribution < 1.29 is 17.3 Å². The molecule has 2 aliphatic rings. The minimum atomic E-state index is -1.66. The van der Waals surface area contributed by atoms with Gasteiger partial charge < -0.3 is 9.64 Å². The van der Waals surface area contributed by atoms with Crippen LogP contribution in [0.1, 0.15) is 47.5 Å². The minimum Gasteiger partial charge on any atom is -0.487 e. The molecule has 8 nitrogen and oxygen atoms in total. The highest BCUT2D eigenvalue weighted by molar-refractivity contribution is 7.75. The summed E-state index contributed by atoms with van der Waals surface area (Å²) in [7, 11) is 0. The maximum absolute atomic E-state index is 11.4. The molecule has 2 atom stereocenters. The summed E-state index contributed by atoms with van der Waals surface area (Å²) in [6.07, 6.45) is 6.15. The Morgan fingerprint density at radius 1 is 1.12 bits per heavy atom. The van der Waals surface area contributed by atoms with Crippen LogP contribution in [0.2, 0.25) is 0 Å². The van der Waals surface area contributed by atoms with E-state index in [1.165, 1.54) is 5.01 Å². The lowest BCUT2D eigenvalue weighted by Crippen LogP contribution is -2.34. The van der Waals surface area contributed by atoms with Crippen LogP contribution in [0.4, 0.5) is 5.95 Å². The molecule has 0 saturated carbocycles. The van der Waals surface area contributed by atoms with Gasteiger partial charge in [-0.1, -0.05) is 12.1 Å². The number of nitrogens with zero attached hydrogens (tertiary/aromatic N) is 4. The Labute approximate surface area is 193 Å².